The van der Waals surface area contributed by atoms with Crippen LogP contribution in [-0.2, 0) is 0 Å². The quantitative estimate of drug-likeness (QED) is 0.629. The summed E-state index contributed by atoms with van der Waals surface area (Å²) in [6.07, 6.45) is -7.38. The third-order valence-corrected chi connectivity index (χ3v) is 4.19. The first kappa shape index (κ1) is 21.2. The summed E-state index contributed by atoms with van der Waals surface area (Å²) in [6, 6.07) is 6.14. The number of anilines is 1. The minimum Gasteiger partial charge on any atom is -0.384 e. The molecule has 1 heterocycles. The maximum Gasteiger partial charge on any atom is 0.414 e. The third kappa shape index (κ3) is 5.70. The molecule has 2 unspecified atom stereocenters. The molecule has 0 saturated heterocycles. The Hall–Kier alpha value is -2.07. The lowest BCUT2D eigenvalue weighted by Crippen LogP contribution is -2.30. The van der Waals surface area contributed by atoms with Gasteiger partial charge in [0.1, 0.15) is 11.5 Å². The minimum absolute atomic E-state index is 0.0543. The third-order valence-electron chi connectivity index (χ3n) is 3.73. The Bertz CT molecular complexity index is 799. The Morgan fingerprint density at radius 1 is 1.26 bits per heavy atom. The average molecular weight is 453 g/mol. The molecule has 0 spiro atoms. The number of alkyl halides is 4. The van der Waals surface area contributed by atoms with E-state index in [0.717, 1.165) is 12.1 Å². The maximum absolute atomic E-state index is 14.0. The van der Waals surface area contributed by atoms with Crippen LogP contribution in [0, 0.1) is 5.82 Å². The second kappa shape index (κ2) is 8.75. The number of nitrogens with zero attached hydrogens (tertiary/aromatic N) is 1. The normalized spacial score (nSPS) is 13.9. The number of aliphatic hydroxyl groups excluding tert-OH is 1. The molecule has 0 aliphatic rings. The highest BCUT2D eigenvalue weighted by Gasteiger charge is 2.40. The van der Waals surface area contributed by atoms with Crippen LogP contribution in [0.1, 0.15) is 28.4 Å². The summed E-state index contributed by atoms with van der Waals surface area (Å²) in [6.45, 7) is -1.31. The van der Waals surface area contributed by atoms with Gasteiger partial charge >= 0.3 is 6.18 Å². The molecular formula is C17H14BrF5N2O2. The van der Waals surface area contributed by atoms with Gasteiger partial charge in [-0.05, 0) is 58.2 Å². The Morgan fingerprint density at radius 3 is 2.52 bits per heavy atom. The molecule has 0 aliphatic carbocycles. The molecule has 1 aromatic heterocycles. The monoisotopic (exact) mass is 452 g/mol. The molecule has 2 rings (SSSR count). The van der Waals surface area contributed by atoms with E-state index >= 15 is 0 Å². The molecule has 2 N–H and O–H groups in total. The summed E-state index contributed by atoms with van der Waals surface area (Å²) in [7, 11) is 0. The van der Waals surface area contributed by atoms with Gasteiger partial charge in [-0.25, -0.2) is 9.37 Å². The van der Waals surface area contributed by atoms with E-state index in [1.807, 2.05) is 0 Å². The highest BCUT2D eigenvalue weighted by Crippen LogP contribution is 2.32. The summed E-state index contributed by atoms with van der Waals surface area (Å²) in [5.41, 5.74) is -0.262. The molecule has 2 aromatic rings. The molecule has 0 bridgehead atoms. The number of pyridine rings is 1. The Labute approximate surface area is 159 Å². The number of hydrogen-bond donors (Lipinski definition) is 2. The Kier molecular flexibility index (Phi) is 6.88. The molecule has 1 amide bonds. The lowest BCUT2D eigenvalue weighted by molar-refractivity contribution is -0.206. The van der Waals surface area contributed by atoms with Crippen LogP contribution in [0.15, 0.2) is 41.0 Å². The zero-order valence-corrected chi connectivity index (χ0v) is 15.2. The van der Waals surface area contributed by atoms with Crippen LogP contribution in [0.3, 0.4) is 0 Å². The lowest BCUT2D eigenvalue weighted by Gasteiger charge is -2.21. The number of carbonyl (C=O) groups excluding carboxylic acids is 1. The smallest absolute Gasteiger partial charge is 0.384 e. The topological polar surface area (TPSA) is 62.2 Å². The molecule has 0 saturated carbocycles. The number of carbonyl (C=O) groups is 1. The van der Waals surface area contributed by atoms with Gasteiger partial charge < -0.3 is 10.4 Å². The molecule has 10 heteroatoms. The summed E-state index contributed by atoms with van der Waals surface area (Å²) >= 11 is 3.16. The average Bonchev–Trinajstić information content (AvgIpc) is 2.61. The van der Waals surface area contributed by atoms with Crippen LogP contribution >= 0.6 is 15.9 Å². The number of hydrogen-bond acceptors (Lipinski definition) is 3. The van der Waals surface area contributed by atoms with Crippen molar-refractivity contribution in [3.63, 3.8) is 0 Å². The van der Waals surface area contributed by atoms with Gasteiger partial charge in [0.2, 0.25) is 0 Å². The molecule has 27 heavy (non-hydrogen) atoms. The van der Waals surface area contributed by atoms with Crippen LogP contribution in [0.2, 0.25) is 0 Å². The highest BCUT2D eigenvalue weighted by atomic mass is 79.9. The lowest BCUT2D eigenvalue weighted by atomic mass is 9.93. The number of amides is 1. The van der Waals surface area contributed by atoms with Gasteiger partial charge in [-0.2, -0.15) is 13.2 Å². The van der Waals surface area contributed by atoms with Crippen molar-refractivity contribution >= 4 is 27.5 Å². The molecule has 0 aliphatic heterocycles. The second-order valence-corrected chi connectivity index (χ2v) is 6.61. The van der Waals surface area contributed by atoms with E-state index in [-0.39, 0.29) is 16.9 Å². The van der Waals surface area contributed by atoms with E-state index in [1.165, 1.54) is 18.3 Å². The van der Waals surface area contributed by atoms with Crippen LogP contribution in [0.5, 0.6) is 0 Å². The van der Waals surface area contributed by atoms with Gasteiger partial charge in [-0.1, -0.05) is 0 Å². The van der Waals surface area contributed by atoms with Gasteiger partial charge in [-0.15, -0.1) is 0 Å². The molecule has 2 atom stereocenters. The number of nitrogens with one attached hydrogen (secondary N) is 1. The van der Waals surface area contributed by atoms with Gasteiger partial charge in [0.05, 0.1) is 6.67 Å². The molecule has 146 valence electrons. The van der Waals surface area contributed by atoms with Gasteiger partial charge in [0.15, 0.2) is 6.10 Å². The van der Waals surface area contributed by atoms with Gasteiger partial charge in [0, 0.05) is 22.3 Å². The van der Waals surface area contributed by atoms with E-state index < -0.39 is 43.0 Å². The zero-order chi connectivity index (χ0) is 20.2. The second-order valence-electron chi connectivity index (χ2n) is 5.70. The summed E-state index contributed by atoms with van der Waals surface area (Å²) < 4.78 is 65.4. The largest absolute Gasteiger partial charge is 0.414 e. The SMILES string of the molecule is O=C(Nc1ccc(F)c(C(CF)CC(O)C(F)(F)F)c1)c1ccc(Br)cn1. The predicted molar refractivity (Wildman–Crippen MR) is 91.7 cm³/mol. The summed E-state index contributed by atoms with van der Waals surface area (Å²) in [5.74, 6) is -3.09. The van der Waals surface area contributed by atoms with Crippen molar-refractivity contribution in [2.75, 3.05) is 12.0 Å². The molecule has 4 nitrogen and oxygen atoms in total. The fourth-order valence-corrected chi connectivity index (χ4v) is 2.55. The first-order valence-corrected chi connectivity index (χ1v) is 8.44. The van der Waals surface area contributed by atoms with E-state index in [0.29, 0.717) is 4.47 Å². The van der Waals surface area contributed by atoms with Crippen molar-refractivity contribution in [2.24, 2.45) is 0 Å². The fraction of sp³-hybridized carbons (Fsp3) is 0.294. The maximum atomic E-state index is 14.0. The molecule has 1 aromatic carbocycles. The van der Waals surface area contributed by atoms with E-state index in [2.05, 4.69) is 26.2 Å². The van der Waals surface area contributed by atoms with E-state index in [1.54, 1.807) is 6.07 Å². The number of aromatic nitrogens is 1. The van der Waals surface area contributed by atoms with Crippen molar-refractivity contribution in [2.45, 2.75) is 24.6 Å². The van der Waals surface area contributed by atoms with Gasteiger partial charge in [0.25, 0.3) is 5.91 Å². The number of rotatable bonds is 6. The van der Waals surface area contributed by atoms with Gasteiger partial charge in [-0.3, -0.25) is 9.18 Å². The Morgan fingerprint density at radius 2 is 1.96 bits per heavy atom. The van der Waals surface area contributed by atoms with Crippen molar-refractivity contribution in [1.82, 2.24) is 4.98 Å². The summed E-state index contributed by atoms with van der Waals surface area (Å²) in [4.78, 5) is 16.0. The highest BCUT2D eigenvalue weighted by molar-refractivity contribution is 9.10. The standard InChI is InChI=1S/C17H14BrF5N2O2/c18-10-1-4-14(24-8-10)16(27)25-11-2-3-13(20)12(6-11)9(7-19)5-15(26)17(21,22)23/h1-4,6,8-9,15,26H,5,7H2,(H,25,27). The summed E-state index contributed by atoms with van der Waals surface area (Å²) in [5, 5.41) is 11.5. The van der Waals surface area contributed by atoms with Crippen molar-refractivity contribution in [1.29, 1.82) is 0 Å². The first-order valence-electron chi connectivity index (χ1n) is 7.65. The van der Waals surface area contributed by atoms with Crippen LogP contribution in [0.4, 0.5) is 27.6 Å². The van der Waals surface area contributed by atoms with Crippen molar-refractivity contribution in [3.05, 3.63) is 58.1 Å². The molecule has 0 fully saturated rings. The van der Waals surface area contributed by atoms with Crippen molar-refractivity contribution in [3.8, 4) is 0 Å². The van der Waals surface area contributed by atoms with Crippen LogP contribution < -0.4 is 5.32 Å². The van der Waals surface area contributed by atoms with E-state index in [9.17, 15) is 26.7 Å². The number of aliphatic hydroxyl groups is 1. The minimum atomic E-state index is -4.94. The van der Waals surface area contributed by atoms with E-state index in [4.69, 9.17) is 5.11 Å². The van der Waals surface area contributed by atoms with Crippen LogP contribution in [0.25, 0.3) is 0 Å². The molecular weight excluding hydrogens is 439 g/mol. The number of benzene rings is 1. The van der Waals surface area contributed by atoms with Crippen molar-refractivity contribution < 1.29 is 31.9 Å². The molecule has 0 radical (unpaired) electrons. The number of halogens is 6. The first-order chi connectivity index (χ1) is 12.6. The fourth-order valence-electron chi connectivity index (χ4n) is 2.32. The zero-order valence-electron chi connectivity index (χ0n) is 13.6. The predicted octanol–water partition coefficient (Wildman–Crippen LogP) is 4.60. The van der Waals surface area contributed by atoms with Crippen LogP contribution in [-0.4, -0.2) is 35.0 Å². The Balaban J connectivity index is 2.21.